The molecule has 0 saturated heterocycles. The molecule has 1 atom stereocenters. The van der Waals surface area contributed by atoms with E-state index in [9.17, 15) is 9.59 Å². The highest BCUT2D eigenvalue weighted by atomic mass is 35.5. The molecule has 0 aliphatic heterocycles. The van der Waals surface area contributed by atoms with E-state index in [-0.39, 0.29) is 11.4 Å². The van der Waals surface area contributed by atoms with Crippen molar-refractivity contribution >= 4 is 34.1 Å². The average Bonchev–Trinajstić information content (AvgIpc) is 3.10. The normalized spacial score (nSPS) is 12.1. The first-order valence-electron chi connectivity index (χ1n) is 9.47. The molecule has 4 rings (SSSR count). The van der Waals surface area contributed by atoms with Gasteiger partial charge < -0.3 is 5.32 Å². The van der Waals surface area contributed by atoms with Gasteiger partial charge in [-0.25, -0.2) is 9.36 Å². The highest BCUT2D eigenvalue weighted by Crippen LogP contribution is 2.22. The number of anilines is 1. The van der Waals surface area contributed by atoms with E-state index < -0.39 is 11.6 Å². The Kier molecular flexibility index (Phi) is 5.13. The van der Waals surface area contributed by atoms with E-state index in [2.05, 4.69) is 15.5 Å². The number of carbonyl (C=O) groups excluding carboxylic acids is 1. The quantitative estimate of drug-likeness (QED) is 0.539. The summed E-state index contributed by atoms with van der Waals surface area (Å²) in [5.41, 5.74) is 2.78. The number of benzene rings is 2. The second-order valence-electron chi connectivity index (χ2n) is 7.06. The maximum absolute atomic E-state index is 13.1. The molecule has 0 aliphatic rings. The number of nitrogens with zero attached hydrogens (tertiary/aromatic N) is 4. The standard InChI is InChI=1S/C22H20ClN5O2/c1-13-19-14(2)27(18-7-5-4-6-8-18)26-20(19)22(30)28(25-13)15(3)21(29)24-17-11-9-16(23)10-12-17/h4-12,15H,1-3H3,(H,24,29). The minimum Gasteiger partial charge on any atom is -0.324 e. The average molecular weight is 422 g/mol. The molecule has 4 aromatic rings. The number of para-hydroxylation sites is 1. The van der Waals surface area contributed by atoms with Crippen LogP contribution in [0.15, 0.2) is 59.4 Å². The summed E-state index contributed by atoms with van der Waals surface area (Å²) in [5.74, 6) is -0.357. The van der Waals surface area contributed by atoms with Crippen molar-refractivity contribution in [2.45, 2.75) is 26.8 Å². The van der Waals surface area contributed by atoms with Crippen LogP contribution < -0.4 is 10.9 Å². The number of carbonyl (C=O) groups is 1. The minimum atomic E-state index is -0.821. The Morgan fingerprint density at radius 1 is 1.03 bits per heavy atom. The Hall–Kier alpha value is -3.45. The van der Waals surface area contributed by atoms with E-state index >= 15 is 0 Å². The third-order valence-corrected chi connectivity index (χ3v) is 5.26. The number of rotatable bonds is 4. The number of halogens is 1. The molecular formula is C22H20ClN5O2. The summed E-state index contributed by atoms with van der Waals surface area (Å²) < 4.78 is 2.91. The van der Waals surface area contributed by atoms with Gasteiger partial charge in [0.1, 0.15) is 6.04 Å². The molecule has 1 unspecified atom stereocenters. The van der Waals surface area contributed by atoms with Gasteiger partial charge in [-0.3, -0.25) is 9.59 Å². The first-order valence-corrected chi connectivity index (χ1v) is 9.85. The lowest BCUT2D eigenvalue weighted by molar-refractivity contribution is -0.119. The number of hydrogen-bond acceptors (Lipinski definition) is 4. The van der Waals surface area contributed by atoms with Crippen LogP contribution in [-0.2, 0) is 4.79 Å². The van der Waals surface area contributed by atoms with E-state index in [1.54, 1.807) is 35.9 Å². The fourth-order valence-electron chi connectivity index (χ4n) is 3.42. The first kappa shape index (κ1) is 19.8. The van der Waals surface area contributed by atoms with Crippen LogP contribution in [0.4, 0.5) is 5.69 Å². The van der Waals surface area contributed by atoms with Crippen molar-refractivity contribution in [1.82, 2.24) is 19.6 Å². The maximum Gasteiger partial charge on any atom is 0.295 e. The van der Waals surface area contributed by atoms with Gasteiger partial charge in [0.2, 0.25) is 5.91 Å². The van der Waals surface area contributed by atoms with Crippen molar-refractivity contribution < 1.29 is 4.79 Å². The molecule has 1 amide bonds. The lowest BCUT2D eigenvalue weighted by Gasteiger charge is -2.15. The van der Waals surface area contributed by atoms with E-state index in [1.165, 1.54) is 4.68 Å². The molecule has 30 heavy (non-hydrogen) atoms. The summed E-state index contributed by atoms with van der Waals surface area (Å²) in [6.07, 6.45) is 0. The number of aryl methyl sites for hydroxylation is 2. The lowest BCUT2D eigenvalue weighted by atomic mass is 10.2. The van der Waals surface area contributed by atoms with Crippen LogP contribution in [0.25, 0.3) is 16.6 Å². The number of fused-ring (bicyclic) bond motifs is 1. The highest BCUT2D eigenvalue weighted by molar-refractivity contribution is 6.30. The number of aromatic nitrogens is 4. The molecular weight excluding hydrogens is 402 g/mol. The largest absolute Gasteiger partial charge is 0.324 e. The van der Waals surface area contributed by atoms with Crippen LogP contribution in [0.5, 0.6) is 0 Å². The zero-order valence-electron chi connectivity index (χ0n) is 16.8. The van der Waals surface area contributed by atoms with E-state index in [4.69, 9.17) is 11.6 Å². The topological polar surface area (TPSA) is 81.8 Å². The smallest absolute Gasteiger partial charge is 0.295 e. The van der Waals surface area contributed by atoms with Gasteiger partial charge in [-0.15, -0.1) is 0 Å². The molecule has 0 aliphatic carbocycles. The van der Waals surface area contributed by atoms with Crippen LogP contribution in [0, 0.1) is 13.8 Å². The number of hydrogen-bond donors (Lipinski definition) is 1. The molecule has 2 aromatic heterocycles. The summed E-state index contributed by atoms with van der Waals surface area (Å²) in [5, 5.41) is 13.0. The Balaban J connectivity index is 1.74. The van der Waals surface area contributed by atoms with Crippen molar-refractivity contribution in [3.63, 3.8) is 0 Å². The Morgan fingerprint density at radius 3 is 2.37 bits per heavy atom. The third kappa shape index (κ3) is 3.48. The fraction of sp³-hybridized carbons (Fsp3) is 0.182. The van der Waals surface area contributed by atoms with Gasteiger partial charge in [0.25, 0.3) is 5.56 Å². The zero-order valence-corrected chi connectivity index (χ0v) is 17.5. The number of amides is 1. The van der Waals surface area contributed by atoms with E-state index in [0.29, 0.717) is 21.8 Å². The first-order chi connectivity index (χ1) is 14.4. The van der Waals surface area contributed by atoms with Gasteiger partial charge in [-0.2, -0.15) is 10.2 Å². The molecule has 0 spiro atoms. The molecule has 8 heteroatoms. The Morgan fingerprint density at radius 2 is 1.70 bits per heavy atom. The van der Waals surface area contributed by atoms with Crippen molar-refractivity contribution in [3.05, 3.63) is 81.4 Å². The Bertz CT molecular complexity index is 1290. The number of nitrogens with one attached hydrogen (secondary N) is 1. The maximum atomic E-state index is 13.1. The summed E-state index contributed by atoms with van der Waals surface area (Å²) in [6, 6.07) is 15.5. The highest BCUT2D eigenvalue weighted by Gasteiger charge is 2.23. The van der Waals surface area contributed by atoms with Gasteiger partial charge in [-0.05, 0) is 57.2 Å². The fourth-order valence-corrected chi connectivity index (χ4v) is 3.55. The molecule has 1 N–H and O–H groups in total. The minimum absolute atomic E-state index is 0.287. The predicted molar refractivity (Wildman–Crippen MR) is 117 cm³/mol. The van der Waals surface area contributed by atoms with Gasteiger partial charge in [0.15, 0.2) is 5.52 Å². The summed E-state index contributed by atoms with van der Waals surface area (Å²) in [4.78, 5) is 25.9. The molecule has 0 fully saturated rings. The van der Waals surface area contributed by atoms with E-state index in [1.807, 2.05) is 44.2 Å². The van der Waals surface area contributed by atoms with Crippen molar-refractivity contribution in [3.8, 4) is 5.69 Å². The van der Waals surface area contributed by atoms with Crippen molar-refractivity contribution in [2.75, 3.05) is 5.32 Å². The van der Waals surface area contributed by atoms with Gasteiger partial charge >= 0.3 is 0 Å². The van der Waals surface area contributed by atoms with Crippen LogP contribution >= 0.6 is 11.6 Å². The van der Waals surface area contributed by atoms with Crippen LogP contribution in [0.1, 0.15) is 24.4 Å². The van der Waals surface area contributed by atoms with Crippen LogP contribution in [0.2, 0.25) is 5.02 Å². The summed E-state index contributed by atoms with van der Waals surface area (Å²) in [6.45, 7) is 5.34. The molecule has 152 valence electrons. The van der Waals surface area contributed by atoms with Gasteiger partial charge in [-0.1, -0.05) is 29.8 Å². The summed E-state index contributed by atoms with van der Waals surface area (Å²) >= 11 is 5.88. The second kappa shape index (κ2) is 7.76. The third-order valence-electron chi connectivity index (χ3n) is 5.01. The van der Waals surface area contributed by atoms with Crippen molar-refractivity contribution in [1.29, 1.82) is 0 Å². The zero-order chi connectivity index (χ0) is 21.4. The summed E-state index contributed by atoms with van der Waals surface area (Å²) in [7, 11) is 0. The van der Waals surface area contributed by atoms with Crippen LogP contribution in [0.3, 0.4) is 0 Å². The van der Waals surface area contributed by atoms with E-state index in [0.717, 1.165) is 11.4 Å². The monoisotopic (exact) mass is 421 g/mol. The molecule has 0 radical (unpaired) electrons. The molecule has 2 aromatic carbocycles. The molecule has 0 bridgehead atoms. The molecule has 7 nitrogen and oxygen atoms in total. The SMILES string of the molecule is Cc1nn(C(C)C(=O)Nc2ccc(Cl)cc2)c(=O)c2nn(-c3ccccc3)c(C)c12. The van der Waals surface area contributed by atoms with Crippen molar-refractivity contribution in [2.24, 2.45) is 0 Å². The van der Waals surface area contributed by atoms with Crippen LogP contribution in [-0.4, -0.2) is 25.5 Å². The molecule has 2 heterocycles. The van der Waals surface area contributed by atoms with Gasteiger partial charge in [0.05, 0.1) is 22.5 Å². The Labute approximate surface area is 177 Å². The van der Waals surface area contributed by atoms with Gasteiger partial charge in [0, 0.05) is 10.7 Å². The second-order valence-corrected chi connectivity index (χ2v) is 7.50. The molecule has 0 saturated carbocycles. The lowest BCUT2D eigenvalue weighted by Crippen LogP contribution is -2.34. The predicted octanol–water partition coefficient (Wildman–Crippen LogP) is 4.05.